The second-order valence-corrected chi connectivity index (χ2v) is 8.60. The molecule has 3 N–H and O–H groups in total. The summed E-state index contributed by atoms with van der Waals surface area (Å²) in [6.45, 7) is 0. The number of aromatic nitrogens is 3. The Balaban J connectivity index is 1.57. The van der Waals surface area contributed by atoms with Crippen LogP contribution >= 0.6 is 12.2 Å². The number of hydrogen-bond donors (Lipinski definition) is 3. The van der Waals surface area contributed by atoms with Gasteiger partial charge in [-0.1, -0.05) is 54.6 Å². The van der Waals surface area contributed by atoms with Gasteiger partial charge >= 0.3 is 5.97 Å². The lowest BCUT2D eigenvalue weighted by molar-refractivity contribution is -0.142. The lowest BCUT2D eigenvalue weighted by Crippen LogP contribution is -2.24. The van der Waals surface area contributed by atoms with Crippen molar-refractivity contribution < 1.29 is 14.6 Å². The summed E-state index contributed by atoms with van der Waals surface area (Å²) in [7, 11) is 1.28. The van der Waals surface area contributed by atoms with Crippen molar-refractivity contribution >= 4 is 46.1 Å². The van der Waals surface area contributed by atoms with Gasteiger partial charge in [0.25, 0.3) is 5.56 Å². The number of aromatic hydroxyl groups is 1. The van der Waals surface area contributed by atoms with Crippen molar-refractivity contribution in [1.29, 1.82) is 0 Å². The number of aromatic amines is 2. The molecule has 0 radical (unpaired) electrons. The molecule has 0 saturated carbocycles. The van der Waals surface area contributed by atoms with Gasteiger partial charge in [0, 0.05) is 35.1 Å². The molecule has 180 valence electrons. The third-order valence-corrected chi connectivity index (χ3v) is 6.36. The molecule has 1 atom stereocenters. The second kappa shape index (κ2) is 9.63. The predicted molar refractivity (Wildman–Crippen MR) is 142 cm³/mol. The number of aliphatic imine (C=N–C) groups is 1. The average molecular weight is 499 g/mol. The van der Waals surface area contributed by atoms with E-state index in [1.807, 2.05) is 66.9 Å². The summed E-state index contributed by atoms with van der Waals surface area (Å²) < 4.78 is 6.37. The Labute approximate surface area is 210 Å². The number of para-hydroxylation sites is 1. The van der Waals surface area contributed by atoms with Crippen molar-refractivity contribution in [2.24, 2.45) is 4.99 Å². The molecular formula is C27H22N4O4S. The number of nitrogens with one attached hydrogen (secondary N) is 2. The van der Waals surface area contributed by atoms with Crippen LogP contribution in [0.15, 0.2) is 82.7 Å². The molecule has 5 aromatic rings. The van der Waals surface area contributed by atoms with E-state index in [9.17, 15) is 14.7 Å². The zero-order valence-corrected chi connectivity index (χ0v) is 20.1. The average Bonchev–Trinajstić information content (AvgIpc) is 3.30. The number of carbonyl (C=O) groups is 1. The van der Waals surface area contributed by atoms with Crippen molar-refractivity contribution in [2.75, 3.05) is 7.11 Å². The minimum absolute atomic E-state index is 0.0364. The molecule has 0 fully saturated rings. The number of nitrogens with zero attached hydrogens (tertiary/aromatic N) is 2. The van der Waals surface area contributed by atoms with Crippen LogP contribution in [0.4, 0.5) is 0 Å². The van der Waals surface area contributed by atoms with Crippen molar-refractivity contribution in [3.63, 3.8) is 0 Å². The topological polar surface area (TPSA) is 112 Å². The van der Waals surface area contributed by atoms with Gasteiger partial charge < -0.3 is 14.8 Å². The largest absolute Gasteiger partial charge is 0.494 e. The Morgan fingerprint density at radius 2 is 1.83 bits per heavy atom. The van der Waals surface area contributed by atoms with Crippen molar-refractivity contribution in [3.05, 3.63) is 99.2 Å². The molecule has 2 aromatic heterocycles. The minimum atomic E-state index is -0.929. The van der Waals surface area contributed by atoms with Gasteiger partial charge in [-0.25, -0.2) is 4.79 Å². The number of carbonyl (C=O) groups excluding carboxylic acids is 1. The summed E-state index contributed by atoms with van der Waals surface area (Å²) in [6, 6.07) is 20.0. The van der Waals surface area contributed by atoms with E-state index in [4.69, 9.17) is 17.0 Å². The van der Waals surface area contributed by atoms with Crippen LogP contribution in [0, 0.1) is 4.77 Å². The molecule has 2 heterocycles. The predicted octanol–water partition coefficient (Wildman–Crippen LogP) is 4.44. The van der Waals surface area contributed by atoms with E-state index < -0.39 is 17.6 Å². The molecule has 36 heavy (non-hydrogen) atoms. The molecule has 8 nitrogen and oxygen atoms in total. The third kappa shape index (κ3) is 4.20. The van der Waals surface area contributed by atoms with E-state index in [0.717, 1.165) is 27.2 Å². The molecule has 0 bridgehead atoms. The molecule has 0 aliphatic heterocycles. The lowest BCUT2D eigenvalue weighted by atomic mass is 10.1. The number of ether oxygens (including phenoxy) is 1. The van der Waals surface area contributed by atoms with Gasteiger partial charge in [-0.15, -0.1) is 0 Å². The number of rotatable bonds is 6. The van der Waals surface area contributed by atoms with E-state index in [1.54, 1.807) is 6.07 Å². The maximum absolute atomic E-state index is 12.7. The second-order valence-electron chi connectivity index (χ2n) is 8.21. The molecular weight excluding hydrogens is 476 g/mol. The summed E-state index contributed by atoms with van der Waals surface area (Å²) >= 11 is 5.37. The first-order valence-corrected chi connectivity index (χ1v) is 11.6. The Kier molecular flexibility index (Phi) is 6.22. The maximum Gasteiger partial charge on any atom is 0.330 e. The third-order valence-electron chi connectivity index (χ3n) is 6.07. The standard InChI is InChI=1S/C27H22N4O4S/c1-35-26(34)22(13-17-14-28-21-11-5-4-9-18(17)21)29-15-20-24(32)30-27(36)31(25(20)33)23-12-6-8-16-7-2-3-10-19(16)23/h2-12,14-15,22,28,33H,13H2,1H3,(H,30,32,36)/t22-/m0/s1. The molecule has 9 heteroatoms. The molecule has 5 rings (SSSR count). The molecule has 0 saturated heterocycles. The highest BCUT2D eigenvalue weighted by molar-refractivity contribution is 7.71. The fraction of sp³-hybridized carbons (Fsp3) is 0.111. The zero-order chi connectivity index (χ0) is 25.2. The SMILES string of the molecule is COC(=O)[C@H](Cc1c[nH]c2ccccc12)N=Cc1c(O)n(-c2cccc3ccccc23)c(=S)[nH]c1=O. The highest BCUT2D eigenvalue weighted by atomic mass is 32.1. The quantitative estimate of drug-likeness (QED) is 0.182. The van der Waals surface area contributed by atoms with E-state index in [1.165, 1.54) is 17.9 Å². The summed E-state index contributed by atoms with van der Waals surface area (Å²) in [6.07, 6.45) is 3.26. The molecule has 0 spiro atoms. The molecule has 0 unspecified atom stereocenters. The van der Waals surface area contributed by atoms with Crippen LogP contribution in [0.5, 0.6) is 5.88 Å². The van der Waals surface area contributed by atoms with Crippen molar-refractivity contribution in [1.82, 2.24) is 14.5 Å². The van der Waals surface area contributed by atoms with Crippen LogP contribution in [0.3, 0.4) is 0 Å². The minimum Gasteiger partial charge on any atom is -0.494 e. The van der Waals surface area contributed by atoms with E-state index in [-0.39, 0.29) is 22.6 Å². The normalized spacial score (nSPS) is 12.4. The molecule has 0 aliphatic rings. The number of esters is 1. The van der Waals surface area contributed by atoms with Crippen molar-refractivity contribution in [3.8, 4) is 11.6 Å². The highest BCUT2D eigenvalue weighted by Crippen LogP contribution is 2.26. The van der Waals surface area contributed by atoms with Gasteiger partial charge in [-0.3, -0.25) is 19.3 Å². The van der Waals surface area contributed by atoms with Gasteiger partial charge in [0.15, 0.2) is 10.8 Å². The Morgan fingerprint density at radius 1 is 1.11 bits per heavy atom. The van der Waals surface area contributed by atoms with Gasteiger partial charge in [0.2, 0.25) is 5.88 Å². The number of hydrogen-bond acceptors (Lipinski definition) is 6. The molecule has 0 aliphatic carbocycles. The summed E-state index contributed by atoms with van der Waals surface area (Å²) in [5, 5.41) is 13.9. The van der Waals surface area contributed by atoms with Gasteiger partial charge in [0.05, 0.1) is 12.8 Å². The molecule has 3 aromatic carbocycles. The van der Waals surface area contributed by atoms with Gasteiger partial charge in [-0.2, -0.15) is 0 Å². The summed E-state index contributed by atoms with van der Waals surface area (Å²) in [5.41, 5.74) is 1.68. The first-order chi connectivity index (χ1) is 17.5. The number of methoxy groups -OCH3 is 1. The first-order valence-electron chi connectivity index (χ1n) is 11.2. The highest BCUT2D eigenvalue weighted by Gasteiger charge is 2.21. The Bertz CT molecular complexity index is 1740. The number of H-pyrrole nitrogens is 2. The number of benzene rings is 3. The van der Waals surface area contributed by atoms with Gasteiger partial charge in [-0.05, 0) is 35.3 Å². The summed E-state index contributed by atoms with van der Waals surface area (Å²) in [5.74, 6) is -0.936. The fourth-order valence-electron chi connectivity index (χ4n) is 4.29. The van der Waals surface area contributed by atoms with Crippen LogP contribution in [-0.4, -0.2) is 45.0 Å². The van der Waals surface area contributed by atoms with E-state index in [0.29, 0.717) is 5.69 Å². The maximum atomic E-state index is 12.7. The first kappa shape index (κ1) is 23.3. The van der Waals surface area contributed by atoms with Crippen LogP contribution < -0.4 is 5.56 Å². The summed E-state index contributed by atoms with van der Waals surface area (Å²) in [4.78, 5) is 35.4. The van der Waals surface area contributed by atoms with Crippen LogP contribution in [-0.2, 0) is 16.0 Å². The monoisotopic (exact) mass is 498 g/mol. The van der Waals surface area contributed by atoms with Gasteiger partial charge in [0.1, 0.15) is 5.56 Å². The van der Waals surface area contributed by atoms with E-state index >= 15 is 0 Å². The van der Waals surface area contributed by atoms with Crippen LogP contribution in [0.25, 0.3) is 27.4 Å². The molecule has 0 amide bonds. The van der Waals surface area contributed by atoms with Crippen molar-refractivity contribution in [2.45, 2.75) is 12.5 Å². The van der Waals surface area contributed by atoms with Crippen LogP contribution in [0.2, 0.25) is 0 Å². The fourth-order valence-corrected chi connectivity index (χ4v) is 4.57. The number of fused-ring (bicyclic) bond motifs is 2. The zero-order valence-electron chi connectivity index (χ0n) is 19.3. The van der Waals surface area contributed by atoms with E-state index in [2.05, 4.69) is 15.0 Å². The smallest absolute Gasteiger partial charge is 0.330 e. The Morgan fingerprint density at radius 3 is 2.64 bits per heavy atom. The lowest BCUT2D eigenvalue weighted by Gasteiger charge is -2.14. The Hall–Kier alpha value is -4.50. The van der Waals surface area contributed by atoms with Crippen LogP contribution in [0.1, 0.15) is 11.1 Å².